The molecule has 2 amide bonds. The molecule has 1 heterocycles. The maximum Gasteiger partial charge on any atom is 0.248 e. The number of carbonyl (C=O) groups is 2. The molecule has 128 valence electrons. The van der Waals surface area contributed by atoms with Crippen LogP contribution in [-0.4, -0.2) is 27.8 Å². The Bertz CT molecular complexity index is 684. The maximum absolute atomic E-state index is 13.2. The minimum absolute atomic E-state index is 0.203. The van der Waals surface area contributed by atoms with Gasteiger partial charge in [-0.2, -0.15) is 0 Å². The van der Waals surface area contributed by atoms with Gasteiger partial charge in [0.05, 0.1) is 18.9 Å². The van der Waals surface area contributed by atoms with Crippen molar-refractivity contribution < 1.29 is 18.4 Å². The van der Waals surface area contributed by atoms with Crippen LogP contribution < -0.4 is 10.6 Å². The van der Waals surface area contributed by atoms with E-state index in [0.717, 1.165) is 18.2 Å². The largest absolute Gasteiger partial charge is 0.344 e. The zero-order chi connectivity index (χ0) is 17.5. The number of halogens is 2. The lowest BCUT2D eigenvalue weighted by atomic mass is 10.1. The summed E-state index contributed by atoms with van der Waals surface area (Å²) in [6, 6.07) is 2.16. The summed E-state index contributed by atoms with van der Waals surface area (Å²) in [4.78, 5) is 30.8. The average molecular weight is 336 g/mol. The quantitative estimate of drug-likeness (QED) is 0.724. The van der Waals surface area contributed by atoms with E-state index in [-0.39, 0.29) is 17.9 Å². The van der Waals surface area contributed by atoms with Gasteiger partial charge in [-0.1, -0.05) is 13.3 Å². The maximum atomic E-state index is 13.2. The first-order valence-electron chi connectivity index (χ1n) is 7.51. The van der Waals surface area contributed by atoms with E-state index in [0.29, 0.717) is 18.7 Å². The SMILES string of the molecule is CCCC(NC(=O)Cc1cc(F)cc(F)c1)C(=O)Nc1cnc[nH]1. The molecule has 0 aliphatic carbocycles. The molecule has 3 N–H and O–H groups in total. The molecule has 0 saturated heterocycles. The molecule has 24 heavy (non-hydrogen) atoms. The molecular weight excluding hydrogens is 318 g/mol. The molecule has 0 aliphatic heterocycles. The molecule has 0 fully saturated rings. The van der Waals surface area contributed by atoms with Crippen molar-refractivity contribution in [3.63, 3.8) is 0 Å². The van der Waals surface area contributed by atoms with Crippen LogP contribution >= 0.6 is 0 Å². The Hall–Kier alpha value is -2.77. The number of rotatable bonds is 7. The average Bonchev–Trinajstić information content (AvgIpc) is 2.98. The molecule has 1 unspecified atom stereocenters. The molecule has 8 heteroatoms. The van der Waals surface area contributed by atoms with Crippen molar-refractivity contribution in [3.05, 3.63) is 47.9 Å². The van der Waals surface area contributed by atoms with Crippen molar-refractivity contribution in [1.29, 1.82) is 0 Å². The third kappa shape index (κ3) is 5.15. The summed E-state index contributed by atoms with van der Waals surface area (Å²) in [5, 5.41) is 5.19. The van der Waals surface area contributed by atoms with Crippen LogP contribution in [0.1, 0.15) is 25.3 Å². The van der Waals surface area contributed by atoms with Gasteiger partial charge in [0.1, 0.15) is 23.5 Å². The van der Waals surface area contributed by atoms with Crippen LogP contribution in [0.5, 0.6) is 0 Å². The fraction of sp³-hybridized carbons (Fsp3) is 0.312. The van der Waals surface area contributed by atoms with Gasteiger partial charge >= 0.3 is 0 Å². The van der Waals surface area contributed by atoms with Gasteiger partial charge in [-0.25, -0.2) is 13.8 Å². The number of amides is 2. The van der Waals surface area contributed by atoms with Gasteiger partial charge in [0.15, 0.2) is 0 Å². The molecule has 0 radical (unpaired) electrons. The number of nitrogens with zero attached hydrogens (tertiary/aromatic N) is 1. The summed E-state index contributed by atoms with van der Waals surface area (Å²) < 4.78 is 26.3. The molecule has 2 aromatic rings. The van der Waals surface area contributed by atoms with E-state index in [4.69, 9.17) is 0 Å². The van der Waals surface area contributed by atoms with Crippen molar-refractivity contribution in [1.82, 2.24) is 15.3 Å². The van der Waals surface area contributed by atoms with Crippen molar-refractivity contribution in [2.75, 3.05) is 5.32 Å². The Labute approximate surface area is 137 Å². The summed E-state index contributed by atoms with van der Waals surface area (Å²) in [7, 11) is 0. The van der Waals surface area contributed by atoms with Crippen LogP contribution in [0.25, 0.3) is 0 Å². The first kappa shape index (κ1) is 17.6. The predicted octanol–water partition coefficient (Wildman–Crippen LogP) is 2.15. The van der Waals surface area contributed by atoms with Crippen LogP contribution in [0.2, 0.25) is 0 Å². The van der Waals surface area contributed by atoms with Gasteiger partial charge < -0.3 is 15.6 Å². The predicted molar refractivity (Wildman–Crippen MR) is 84.1 cm³/mol. The fourth-order valence-corrected chi connectivity index (χ4v) is 2.25. The summed E-state index contributed by atoms with van der Waals surface area (Å²) in [6.07, 6.45) is 3.76. The summed E-state index contributed by atoms with van der Waals surface area (Å²) >= 11 is 0. The topological polar surface area (TPSA) is 86.9 Å². The van der Waals surface area contributed by atoms with Gasteiger partial charge in [-0.3, -0.25) is 9.59 Å². The highest BCUT2D eigenvalue weighted by atomic mass is 19.1. The highest BCUT2D eigenvalue weighted by Crippen LogP contribution is 2.09. The summed E-state index contributed by atoms with van der Waals surface area (Å²) in [5.41, 5.74) is 0.203. The molecule has 0 aliphatic rings. The molecular formula is C16H18F2N4O2. The van der Waals surface area contributed by atoms with Crippen molar-refractivity contribution in [2.24, 2.45) is 0 Å². The van der Waals surface area contributed by atoms with E-state index in [2.05, 4.69) is 20.6 Å². The second-order valence-electron chi connectivity index (χ2n) is 5.32. The van der Waals surface area contributed by atoms with Crippen LogP contribution in [0.15, 0.2) is 30.7 Å². The van der Waals surface area contributed by atoms with Crippen LogP contribution in [0.3, 0.4) is 0 Å². The van der Waals surface area contributed by atoms with Gasteiger partial charge in [-0.15, -0.1) is 0 Å². The van der Waals surface area contributed by atoms with E-state index < -0.39 is 23.6 Å². The van der Waals surface area contributed by atoms with Crippen molar-refractivity contribution >= 4 is 17.6 Å². The number of anilines is 1. The van der Waals surface area contributed by atoms with E-state index in [1.165, 1.54) is 12.5 Å². The van der Waals surface area contributed by atoms with E-state index >= 15 is 0 Å². The molecule has 1 aromatic heterocycles. The van der Waals surface area contributed by atoms with Crippen molar-refractivity contribution in [2.45, 2.75) is 32.2 Å². The lowest BCUT2D eigenvalue weighted by molar-refractivity contribution is -0.126. The monoisotopic (exact) mass is 336 g/mol. The minimum atomic E-state index is -0.750. The molecule has 6 nitrogen and oxygen atoms in total. The van der Waals surface area contributed by atoms with E-state index in [1.54, 1.807) is 0 Å². The zero-order valence-electron chi connectivity index (χ0n) is 13.1. The Balaban J connectivity index is 1.98. The van der Waals surface area contributed by atoms with E-state index in [1.807, 2.05) is 6.92 Å². The van der Waals surface area contributed by atoms with Gasteiger partial charge in [0, 0.05) is 6.07 Å². The smallest absolute Gasteiger partial charge is 0.248 e. The first-order chi connectivity index (χ1) is 11.5. The number of benzene rings is 1. The van der Waals surface area contributed by atoms with Crippen LogP contribution in [0.4, 0.5) is 14.6 Å². The standard InChI is InChI=1S/C16H18F2N4O2/c1-2-3-13(16(24)22-14-8-19-9-20-14)21-15(23)6-10-4-11(17)7-12(18)5-10/h4-5,7-9,13H,2-3,6H2,1H3,(H,19,20)(H,21,23)(H,22,24). The van der Waals surface area contributed by atoms with Gasteiger partial charge in [-0.05, 0) is 24.1 Å². The Morgan fingerprint density at radius 3 is 2.54 bits per heavy atom. The summed E-state index contributed by atoms with van der Waals surface area (Å²) in [6.45, 7) is 1.88. The normalized spacial score (nSPS) is 11.8. The highest BCUT2D eigenvalue weighted by molar-refractivity contribution is 5.96. The number of hydrogen-bond acceptors (Lipinski definition) is 3. The summed E-state index contributed by atoms with van der Waals surface area (Å²) in [5.74, 6) is -1.96. The van der Waals surface area contributed by atoms with Gasteiger partial charge in [0.2, 0.25) is 11.8 Å². The van der Waals surface area contributed by atoms with Gasteiger partial charge in [0.25, 0.3) is 0 Å². The molecule has 0 bridgehead atoms. The number of imidazole rings is 1. The fourth-order valence-electron chi connectivity index (χ4n) is 2.25. The Morgan fingerprint density at radius 2 is 1.96 bits per heavy atom. The van der Waals surface area contributed by atoms with Crippen LogP contribution in [-0.2, 0) is 16.0 Å². The lowest BCUT2D eigenvalue weighted by Crippen LogP contribution is -2.44. The number of aromatic nitrogens is 2. The number of nitrogens with one attached hydrogen (secondary N) is 3. The van der Waals surface area contributed by atoms with Crippen LogP contribution in [0, 0.1) is 11.6 Å². The second-order valence-corrected chi connectivity index (χ2v) is 5.32. The Kier molecular flexibility index (Phi) is 6.00. The highest BCUT2D eigenvalue weighted by Gasteiger charge is 2.20. The third-order valence-electron chi connectivity index (χ3n) is 3.27. The molecule has 1 aromatic carbocycles. The second kappa shape index (κ2) is 8.19. The number of carbonyl (C=O) groups excluding carboxylic acids is 2. The molecule has 2 rings (SSSR count). The zero-order valence-corrected chi connectivity index (χ0v) is 13.1. The lowest BCUT2D eigenvalue weighted by Gasteiger charge is -2.17. The third-order valence-corrected chi connectivity index (χ3v) is 3.27. The number of hydrogen-bond donors (Lipinski definition) is 3. The van der Waals surface area contributed by atoms with Crippen molar-refractivity contribution in [3.8, 4) is 0 Å². The first-order valence-corrected chi connectivity index (χ1v) is 7.51. The molecule has 0 saturated carbocycles. The number of aromatic amines is 1. The number of H-pyrrole nitrogens is 1. The minimum Gasteiger partial charge on any atom is -0.344 e. The van der Waals surface area contributed by atoms with E-state index in [9.17, 15) is 18.4 Å². The molecule has 0 spiro atoms. The Morgan fingerprint density at radius 1 is 1.25 bits per heavy atom. The molecule has 1 atom stereocenters.